The summed E-state index contributed by atoms with van der Waals surface area (Å²) in [6, 6.07) is 14.7. The van der Waals surface area contributed by atoms with Crippen LogP contribution in [-0.4, -0.2) is 29.6 Å². The maximum atomic E-state index is 10.7. The van der Waals surface area contributed by atoms with Gasteiger partial charge in [0.25, 0.3) is 0 Å². The molecular formula is C25H39NO. The van der Waals surface area contributed by atoms with Crippen molar-refractivity contribution in [2.24, 2.45) is 0 Å². The van der Waals surface area contributed by atoms with Gasteiger partial charge in [0.05, 0.1) is 6.10 Å². The molecule has 2 aromatic rings. The van der Waals surface area contributed by atoms with Gasteiger partial charge in [-0.2, -0.15) is 0 Å². The van der Waals surface area contributed by atoms with Crippen LogP contribution in [0.2, 0.25) is 0 Å². The molecular weight excluding hydrogens is 330 g/mol. The average Bonchev–Trinajstić information content (AvgIpc) is 2.71. The minimum Gasteiger partial charge on any atom is -0.388 e. The van der Waals surface area contributed by atoms with Gasteiger partial charge in [-0.3, -0.25) is 0 Å². The van der Waals surface area contributed by atoms with Crippen LogP contribution in [0.25, 0.3) is 10.8 Å². The third-order valence-corrected chi connectivity index (χ3v) is 5.53. The number of unbranched alkanes of at least 4 members (excludes halogenated alkanes) is 6. The molecule has 0 bridgehead atoms. The molecule has 0 amide bonds. The molecule has 0 fully saturated rings. The van der Waals surface area contributed by atoms with Crippen LogP contribution in [0.15, 0.2) is 42.5 Å². The third kappa shape index (κ3) is 8.02. The molecule has 0 heterocycles. The van der Waals surface area contributed by atoms with Gasteiger partial charge in [0, 0.05) is 6.54 Å². The molecule has 0 aliphatic heterocycles. The zero-order valence-electron chi connectivity index (χ0n) is 17.5. The van der Waals surface area contributed by atoms with E-state index in [-0.39, 0.29) is 6.10 Å². The second kappa shape index (κ2) is 12.9. The van der Waals surface area contributed by atoms with Gasteiger partial charge >= 0.3 is 0 Å². The highest BCUT2D eigenvalue weighted by molar-refractivity contribution is 5.83. The van der Waals surface area contributed by atoms with Crippen LogP contribution in [0.1, 0.15) is 83.3 Å². The molecule has 2 aromatic carbocycles. The van der Waals surface area contributed by atoms with E-state index in [0.717, 1.165) is 18.5 Å². The fourth-order valence-electron chi connectivity index (χ4n) is 3.75. The summed E-state index contributed by atoms with van der Waals surface area (Å²) in [5.41, 5.74) is 1.05. The highest BCUT2D eigenvalue weighted by Gasteiger charge is 2.12. The van der Waals surface area contributed by atoms with Crippen LogP contribution in [0.3, 0.4) is 0 Å². The maximum absolute atomic E-state index is 10.7. The van der Waals surface area contributed by atoms with Crippen molar-refractivity contribution >= 4 is 10.8 Å². The van der Waals surface area contributed by atoms with Crippen LogP contribution < -0.4 is 0 Å². The van der Waals surface area contributed by atoms with Crippen molar-refractivity contribution in [3.8, 4) is 0 Å². The predicted octanol–water partition coefficient (Wildman–Crippen LogP) is 6.73. The van der Waals surface area contributed by atoms with Crippen LogP contribution in [0, 0.1) is 0 Å². The van der Waals surface area contributed by atoms with Gasteiger partial charge < -0.3 is 10.0 Å². The molecule has 0 spiro atoms. The summed E-state index contributed by atoms with van der Waals surface area (Å²) in [6.45, 7) is 7.88. The lowest BCUT2D eigenvalue weighted by Gasteiger charge is -2.24. The number of benzene rings is 2. The van der Waals surface area contributed by atoms with Crippen LogP contribution in [0.5, 0.6) is 0 Å². The highest BCUT2D eigenvalue weighted by atomic mass is 16.3. The molecule has 2 heteroatoms. The van der Waals surface area contributed by atoms with Gasteiger partial charge in [-0.05, 0) is 54.8 Å². The van der Waals surface area contributed by atoms with Crippen molar-refractivity contribution in [3.05, 3.63) is 48.0 Å². The topological polar surface area (TPSA) is 23.5 Å². The number of rotatable bonds is 14. The predicted molar refractivity (Wildman–Crippen MR) is 118 cm³/mol. The lowest BCUT2D eigenvalue weighted by Crippen LogP contribution is -2.28. The molecule has 0 saturated carbocycles. The first kappa shape index (κ1) is 21.9. The molecule has 1 N–H and O–H groups in total. The smallest absolute Gasteiger partial charge is 0.0802 e. The van der Waals surface area contributed by atoms with Gasteiger partial charge in [-0.25, -0.2) is 0 Å². The Morgan fingerprint density at radius 1 is 0.741 bits per heavy atom. The first-order valence-electron chi connectivity index (χ1n) is 11.1. The molecule has 0 aliphatic carbocycles. The molecule has 150 valence electrons. The molecule has 0 aliphatic rings. The standard InChI is InChI=1S/C25H39NO/c1-3-5-7-11-18-26(19-12-8-6-4-2)20-17-25(27)24-16-15-22-13-9-10-14-23(22)21-24/h9-10,13-16,21,25,27H,3-8,11-12,17-20H2,1-2H3/t25-/m0/s1. The fraction of sp³-hybridized carbons (Fsp3) is 0.600. The molecule has 0 saturated heterocycles. The van der Waals surface area contributed by atoms with Crippen molar-refractivity contribution < 1.29 is 5.11 Å². The van der Waals surface area contributed by atoms with Crippen molar-refractivity contribution in [1.82, 2.24) is 4.90 Å². The van der Waals surface area contributed by atoms with E-state index in [0.29, 0.717) is 0 Å². The van der Waals surface area contributed by atoms with Gasteiger partial charge in [-0.15, -0.1) is 0 Å². The number of fused-ring (bicyclic) bond motifs is 1. The lowest BCUT2D eigenvalue weighted by molar-refractivity contribution is 0.140. The Hall–Kier alpha value is -1.38. The normalized spacial score (nSPS) is 12.7. The third-order valence-electron chi connectivity index (χ3n) is 5.53. The van der Waals surface area contributed by atoms with Crippen molar-refractivity contribution in [1.29, 1.82) is 0 Å². The number of aliphatic hydroxyl groups excluding tert-OH is 1. The van der Waals surface area contributed by atoms with Gasteiger partial charge in [0.15, 0.2) is 0 Å². The monoisotopic (exact) mass is 369 g/mol. The first-order chi connectivity index (χ1) is 13.2. The van der Waals surface area contributed by atoms with Gasteiger partial charge in [-0.1, -0.05) is 88.8 Å². The van der Waals surface area contributed by atoms with E-state index in [1.165, 1.54) is 75.2 Å². The van der Waals surface area contributed by atoms with Gasteiger partial charge in [0.1, 0.15) is 0 Å². The van der Waals surface area contributed by atoms with Crippen molar-refractivity contribution in [2.45, 2.75) is 77.7 Å². The maximum Gasteiger partial charge on any atom is 0.0802 e. The molecule has 2 rings (SSSR count). The lowest BCUT2D eigenvalue weighted by atomic mass is 10.0. The second-order valence-electron chi connectivity index (χ2n) is 7.87. The minimum atomic E-state index is -0.372. The number of hydrogen-bond acceptors (Lipinski definition) is 2. The van der Waals surface area contributed by atoms with Crippen LogP contribution >= 0.6 is 0 Å². The summed E-state index contributed by atoms with van der Waals surface area (Å²) in [7, 11) is 0. The molecule has 2 nitrogen and oxygen atoms in total. The van der Waals surface area contributed by atoms with E-state index in [9.17, 15) is 5.11 Å². The summed E-state index contributed by atoms with van der Waals surface area (Å²) in [6.07, 6.45) is 10.9. The number of hydrogen-bond donors (Lipinski definition) is 1. The molecule has 0 unspecified atom stereocenters. The Morgan fingerprint density at radius 3 is 2.00 bits per heavy atom. The molecule has 27 heavy (non-hydrogen) atoms. The Labute approximate surface area is 166 Å². The van der Waals surface area contributed by atoms with Crippen LogP contribution in [0.4, 0.5) is 0 Å². The zero-order valence-corrected chi connectivity index (χ0v) is 17.5. The summed E-state index contributed by atoms with van der Waals surface area (Å²) in [5, 5.41) is 13.2. The van der Waals surface area contributed by atoms with Crippen molar-refractivity contribution in [3.63, 3.8) is 0 Å². The average molecular weight is 370 g/mol. The quantitative estimate of drug-likeness (QED) is 0.373. The summed E-state index contributed by atoms with van der Waals surface area (Å²) >= 11 is 0. The largest absolute Gasteiger partial charge is 0.388 e. The summed E-state index contributed by atoms with van der Waals surface area (Å²) in [5.74, 6) is 0. The Bertz CT molecular complexity index is 627. The van der Waals surface area contributed by atoms with E-state index >= 15 is 0 Å². The Kier molecular flexibility index (Phi) is 10.5. The highest BCUT2D eigenvalue weighted by Crippen LogP contribution is 2.23. The molecule has 1 atom stereocenters. The van der Waals surface area contributed by atoms with Crippen LogP contribution in [-0.2, 0) is 0 Å². The number of aliphatic hydroxyl groups is 1. The fourth-order valence-corrected chi connectivity index (χ4v) is 3.75. The van der Waals surface area contributed by atoms with E-state index in [4.69, 9.17) is 0 Å². The number of nitrogens with zero attached hydrogens (tertiary/aromatic N) is 1. The van der Waals surface area contributed by atoms with E-state index in [1.807, 2.05) is 0 Å². The van der Waals surface area contributed by atoms with Crippen molar-refractivity contribution in [2.75, 3.05) is 19.6 Å². The first-order valence-corrected chi connectivity index (χ1v) is 11.1. The van der Waals surface area contributed by atoms with Gasteiger partial charge in [0.2, 0.25) is 0 Å². The van der Waals surface area contributed by atoms with E-state index < -0.39 is 0 Å². The molecule has 0 radical (unpaired) electrons. The summed E-state index contributed by atoms with van der Waals surface area (Å²) < 4.78 is 0. The Balaban J connectivity index is 1.85. The van der Waals surface area contributed by atoms with E-state index in [2.05, 4.69) is 61.2 Å². The minimum absolute atomic E-state index is 0.372. The molecule has 0 aromatic heterocycles. The van der Waals surface area contributed by atoms with E-state index in [1.54, 1.807) is 0 Å². The zero-order chi connectivity index (χ0) is 19.3. The SMILES string of the molecule is CCCCCCN(CCCCCC)CC[C@H](O)c1ccc2ccccc2c1. The second-order valence-corrected chi connectivity index (χ2v) is 7.87. The Morgan fingerprint density at radius 2 is 1.37 bits per heavy atom. The summed E-state index contributed by atoms with van der Waals surface area (Å²) in [4.78, 5) is 2.58.